The summed E-state index contributed by atoms with van der Waals surface area (Å²) in [6.45, 7) is 9.28. The third-order valence-electron chi connectivity index (χ3n) is 4.57. The van der Waals surface area contributed by atoms with Crippen LogP contribution >= 0.6 is 0 Å². The SMILES string of the molecule is Cc1cccc(CN2CCN(c3cc(C)nn4cnnc34)CC2)c1. The second-order valence-corrected chi connectivity index (χ2v) is 6.52. The molecular formula is C18H22N6. The summed E-state index contributed by atoms with van der Waals surface area (Å²) in [5, 5.41) is 12.6. The van der Waals surface area contributed by atoms with Gasteiger partial charge in [0.15, 0.2) is 0 Å². The second-order valence-electron chi connectivity index (χ2n) is 6.52. The number of aromatic nitrogens is 4. The third-order valence-corrected chi connectivity index (χ3v) is 4.57. The van der Waals surface area contributed by atoms with Crippen LogP contribution in [0.15, 0.2) is 36.7 Å². The Morgan fingerprint density at radius 3 is 2.67 bits per heavy atom. The quantitative estimate of drug-likeness (QED) is 0.739. The van der Waals surface area contributed by atoms with Crippen LogP contribution < -0.4 is 4.90 Å². The van der Waals surface area contributed by atoms with Crippen LogP contribution in [-0.2, 0) is 6.54 Å². The fraction of sp³-hybridized carbons (Fsp3) is 0.389. The van der Waals surface area contributed by atoms with Crippen LogP contribution in [0.5, 0.6) is 0 Å². The number of anilines is 1. The standard InChI is InChI=1S/C18H22N6/c1-14-4-3-5-16(10-14)12-22-6-8-23(9-7-22)17-11-15(2)21-24-13-19-20-18(17)24/h3-5,10-11,13H,6-9,12H2,1-2H3. The highest BCUT2D eigenvalue weighted by Crippen LogP contribution is 2.22. The Morgan fingerprint density at radius 1 is 1.04 bits per heavy atom. The predicted molar refractivity (Wildman–Crippen MR) is 94.2 cm³/mol. The minimum absolute atomic E-state index is 0.840. The van der Waals surface area contributed by atoms with Crippen molar-refractivity contribution < 1.29 is 0 Å². The fourth-order valence-electron chi connectivity index (χ4n) is 3.38. The van der Waals surface area contributed by atoms with Gasteiger partial charge < -0.3 is 4.90 Å². The summed E-state index contributed by atoms with van der Waals surface area (Å²) in [7, 11) is 0. The lowest BCUT2D eigenvalue weighted by molar-refractivity contribution is 0.250. The summed E-state index contributed by atoms with van der Waals surface area (Å²) >= 11 is 0. The molecule has 2 aromatic heterocycles. The predicted octanol–water partition coefficient (Wildman–Crippen LogP) is 2.06. The van der Waals surface area contributed by atoms with Crippen molar-refractivity contribution in [2.24, 2.45) is 0 Å². The first-order valence-electron chi connectivity index (χ1n) is 8.39. The van der Waals surface area contributed by atoms with Gasteiger partial charge in [-0.25, -0.2) is 0 Å². The van der Waals surface area contributed by atoms with Gasteiger partial charge in [-0.3, -0.25) is 4.90 Å². The van der Waals surface area contributed by atoms with E-state index in [0.717, 1.165) is 49.8 Å². The molecule has 0 N–H and O–H groups in total. The summed E-state index contributed by atoms with van der Waals surface area (Å²) in [4.78, 5) is 4.91. The van der Waals surface area contributed by atoms with Crippen LogP contribution in [0.4, 0.5) is 5.69 Å². The van der Waals surface area contributed by atoms with E-state index in [-0.39, 0.29) is 0 Å². The molecule has 1 aliphatic rings. The molecule has 1 saturated heterocycles. The number of piperazine rings is 1. The van der Waals surface area contributed by atoms with Gasteiger partial charge in [0, 0.05) is 32.7 Å². The largest absolute Gasteiger partial charge is 0.366 e. The molecule has 1 aromatic carbocycles. The number of fused-ring (bicyclic) bond motifs is 1. The highest BCUT2D eigenvalue weighted by Gasteiger charge is 2.20. The number of rotatable bonds is 3. The number of hydrogen-bond acceptors (Lipinski definition) is 5. The second kappa shape index (κ2) is 6.20. The summed E-state index contributed by atoms with van der Waals surface area (Å²) in [6.07, 6.45) is 1.67. The Balaban J connectivity index is 1.46. The Labute approximate surface area is 141 Å². The smallest absolute Gasteiger partial charge is 0.200 e. The van der Waals surface area contributed by atoms with E-state index in [1.54, 1.807) is 10.8 Å². The van der Waals surface area contributed by atoms with E-state index in [1.165, 1.54) is 11.1 Å². The molecule has 1 fully saturated rings. The molecule has 0 bridgehead atoms. The maximum atomic E-state index is 4.42. The molecule has 0 unspecified atom stereocenters. The van der Waals surface area contributed by atoms with Crippen molar-refractivity contribution in [3.05, 3.63) is 53.5 Å². The molecule has 0 radical (unpaired) electrons. The van der Waals surface area contributed by atoms with E-state index in [0.29, 0.717) is 0 Å². The molecule has 124 valence electrons. The van der Waals surface area contributed by atoms with Crippen molar-refractivity contribution in [3.63, 3.8) is 0 Å². The average molecular weight is 322 g/mol. The van der Waals surface area contributed by atoms with Gasteiger partial charge in [0.05, 0.1) is 11.4 Å². The van der Waals surface area contributed by atoms with Gasteiger partial charge in [-0.05, 0) is 25.5 Å². The van der Waals surface area contributed by atoms with E-state index >= 15 is 0 Å². The molecule has 0 saturated carbocycles. The third kappa shape index (κ3) is 2.97. The fourth-order valence-corrected chi connectivity index (χ4v) is 3.38. The molecule has 3 aromatic rings. The van der Waals surface area contributed by atoms with Gasteiger partial charge in [-0.2, -0.15) is 9.61 Å². The summed E-state index contributed by atoms with van der Waals surface area (Å²) in [5.41, 5.74) is 5.68. The van der Waals surface area contributed by atoms with Gasteiger partial charge in [0.1, 0.15) is 6.33 Å². The van der Waals surface area contributed by atoms with Gasteiger partial charge in [0.2, 0.25) is 5.65 Å². The highest BCUT2D eigenvalue weighted by molar-refractivity contribution is 5.68. The lowest BCUT2D eigenvalue weighted by Gasteiger charge is -2.36. The van der Waals surface area contributed by atoms with E-state index in [1.807, 2.05) is 6.92 Å². The number of aryl methyl sites for hydroxylation is 2. The lowest BCUT2D eigenvalue weighted by atomic mass is 10.1. The van der Waals surface area contributed by atoms with Crippen LogP contribution in [0.2, 0.25) is 0 Å². The van der Waals surface area contributed by atoms with Crippen molar-refractivity contribution >= 4 is 11.3 Å². The van der Waals surface area contributed by atoms with Crippen molar-refractivity contribution in [2.45, 2.75) is 20.4 Å². The van der Waals surface area contributed by atoms with E-state index < -0.39 is 0 Å². The van der Waals surface area contributed by atoms with E-state index in [2.05, 4.69) is 62.4 Å². The molecule has 0 spiro atoms. The molecule has 3 heterocycles. The first-order valence-corrected chi connectivity index (χ1v) is 8.39. The molecule has 4 rings (SSSR count). The molecule has 0 atom stereocenters. The van der Waals surface area contributed by atoms with Gasteiger partial charge in [-0.15, -0.1) is 10.2 Å². The molecule has 1 aliphatic heterocycles. The molecule has 0 aliphatic carbocycles. The normalized spacial score (nSPS) is 16.0. The number of nitrogens with zero attached hydrogens (tertiary/aromatic N) is 6. The first-order chi connectivity index (χ1) is 11.7. The molecule has 24 heavy (non-hydrogen) atoms. The number of benzene rings is 1. The zero-order valence-corrected chi connectivity index (χ0v) is 14.2. The average Bonchev–Trinajstić information content (AvgIpc) is 3.03. The Hall–Kier alpha value is -2.47. The van der Waals surface area contributed by atoms with Crippen molar-refractivity contribution in [1.82, 2.24) is 24.7 Å². The van der Waals surface area contributed by atoms with Gasteiger partial charge in [-0.1, -0.05) is 29.8 Å². The molecule has 6 heteroatoms. The van der Waals surface area contributed by atoms with E-state index in [4.69, 9.17) is 0 Å². The van der Waals surface area contributed by atoms with Crippen LogP contribution in [-0.4, -0.2) is 50.9 Å². The molecule has 0 amide bonds. The lowest BCUT2D eigenvalue weighted by Crippen LogP contribution is -2.46. The van der Waals surface area contributed by atoms with Gasteiger partial charge >= 0.3 is 0 Å². The summed E-state index contributed by atoms with van der Waals surface area (Å²) in [6, 6.07) is 10.9. The minimum atomic E-state index is 0.840. The minimum Gasteiger partial charge on any atom is -0.366 e. The van der Waals surface area contributed by atoms with Gasteiger partial charge in [0.25, 0.3) is 0 Å². The van der Waals surface area contributed by atoms with Crippen LogP contribution in [0.1, 0.15) is 16.8 Å². The van der Waals surface area contributed by atoms with E-state index in [9.17, 15) is 0 Å². The first kappa shape index (κ1) is 15.1. The zero-order chi connectivity index (χ0) is 16.5. The molecular weight excluding hydrogens is 300 g/mol. The Bertz CT molecular complexity index is 848. The maximum Gasteiger partial charge on any atom is 0.200 e. The van der Waals surface area contributed by atoms with Crippen molar-refractivity contribution in [1.29, 1.82) is 0 Å². The van der Waals surface area contributed by atoms with Crippen LogP contribution in [0.3, 0.4) is 0 Å². The topological polar surface area (TPSA) is 49.6 Å². The van der Waals surface area contributed by atoms with Crippen LogP contribution in [0.25, 0.3) is 5.65 Å². The monoisotopic (exact) mass is 322 g/mol. The summed E-state index contributed by atoms with van der Waals surface area (Å²) < 4.78 is 1.77. The summed E-state index contributed by atoms with van der Waals surface area (Å²) in [5.74, 6) is 0. The molecule has 6 nitrogen and oxygen atoms in total. The van der Waals surface area contributed by atoms with Crippen molar-refractivity contribution in [3.8, 4) is 0 Å². The maximum absolute atomic E-state index is 4.42. The zero-order valence-electron chi connectivity index (χ0n) is 14.2. The van der Waals surface area contributed by atoms with Crippen LogP contribution in [0, 0.1) is 13.8 Å². The Kier molecular flexibility index (Phi) is 3.90. The number of hydrogen-bond donors (Lipinski definition) is 0. The Morgan fingerprint density at radius 2 is 1.88 bits per heavy atom. The van der Waals surface area contributed by atoms with Crippen molar-refractivity contribution in [2.75, 3.05) is 31.1 Å². The highest BCUT2D eigenvalue weighted by atomic mass is 15.4.